The standard InChI is InChI=1S/C12H16O3S/c1-16(13,14)15-12-9-5-8-11(12)10-6-3-2-4-7-10/h2-4,6-7,11-12H,5,8-9H2,1H3/t11-,12+/m1/s1. The van der Waals surface area contributed by atoms with Gasteiger partial charge in [-0.15, -0.1) is 0 Å². The number of benzene rings is 1. The summed E-state index contributed by atoms with van der Waals surface area (Å²) in [5.74, 6) is 0.218. The third kappa shape index (κ3) is 2.83. The topological polar surface area (TPSA) is 43.4 Å². The maximum Gasteiger partial charge on any atom is 0.264 e. The van der Waals surface area contributed by atoms with E-state index in [9.17, 15) is 8.42 Å². The first kappa shape index (κ1) is 11.6. The molecule has 1 aliphatic rings. The molecule has 0 aliphatic heterocycles. The molecule has 16 heavy (non-hydrogen) atoms. The van der Waals surface area contributed by atoms with Crippen LogP contribution in [0.1, 0.15) is 30.7 Å². The van der Waals surface area contributed by atoms with E-state index in [1.165, 1.54) is 5.56 Å². The lowest BCUT2D eigenvalue weighted by molar-refractivity contribution is 0.200. The highest BCUT2D eigenvalue weighted by atomic mass is 32.2. The van der Waals surface area contributed by atoms with Crippen LogP contribution in [0, 0.1) is 0 Å². The molecule has 3 nitrogen and oxygen atoms in total. The van der Waals surface area contributed by atoms with Gasteiger partial charge < -0.3 is 0 Å². The first-order valence-corrected chi connectivity index (χ1v) is 7.31. The van der Waals surface area contributed by atoms with Crippen LogP contribution < -0.4 is 0 Å². The van der Waals surface area contributed by atoms with Crippen molar-refractivity contribution in [1.29, 1.82) is 0 Å². The van der Waals surface area contributed by atoms with Crippen LogP contribution >= 0.6 is 0 Å². The van der Waals surface area contributed by atoms with Crippen LogP contribution in [0.2, 0.25) is 0 Å². The molecule has 0 amide bonds. The van der Waals surface area contributed by atoms with Crippen LogP contribution in [0.25, 0.3) is 0 Å². The van der Waals surface area contributed by atoms with E-state index < -0.39 is 10.1 Å². The molecule has 88 valence electrons. The van der Waals surface area contributed by atoms with Gasteiger partial charge in [0.15, 0.2) is 0 Å². The molecule has 1 fully saturated rings. The van der Waals surface area contributed by atoms with Crippen molar-refractivity contribution in [2.24, 2.45) is 0 Å². The number of hydrogen-bond acceptors (Lipinski definition) is 3. The maximum atomic E-state index is 11.1. The Morgan fingerprint density at radius 2 is 1.88 bits per heavy atom. The predicted octanol–water partition coefficient (Wildman–Crippen LogP) is 2.30. The van der Waals surface area contributed by atoms with Gasteiger partial charge in [0.1, 0.15) is 0 Å². The van der Waals surface area contributed by atoms with Crippen LogP contribution in [0.15, 0.2) is 30.3 Å². The van der Waals surface area contributed by atoms with Gasteiger partial charge in [-0.2, -0.15) is 8.42 Å². The second kappa shape index (κ2) is 4.55. The smallest absolute Gasteiger partial charge is 0.264 e. The lowest BCUT2D eigenvalue weighted by Gasteiger charge is -2.18. The van der Waals surface area contributed by atoms with Crippen molar-refractivity contribution < 1.29 is 12.6 Å². The zero-order valence-electron chi connectivity index (χ0n) is 9.30. The van der Waals surface area contributed by atoms with E-state index in [0.29, 0.717) is 0 Å². The van der Waals surface area contributed by atoms with Crippen LogP contribution in [0.3, 0.4) is 0 Å². The monoisotopic (exact) mass is 240 g/mol. The van der Waals surface area contributed by atoms with Gasteiger partial charge in [0, 0.05) is 5.92 Å². The van der Waals surface area contributed by atoms with Crippen LogP contribution in [-0.2, 0) is 14.3 Å². The average Bonchev–Trinajstić information content (AvgIpc) is 2.64. The average molecular weight is 240 g/mol. The normalized spacial score (nSPS) is 25.8. The third-order valence-corrected chi connectivity index (χ3v) is 3.58. The fraction of sp³-hybridized carbons (Fsp3) is 0.500. The molecule has 0 N–H and O–H groups in total. The van der Waals surface area contributed by atoms with Crippen molar-refractivity contribution in [2.45, 2.75) is 31.3 Å². The Balaban J connectivity index is 2.16. The summed E-state index contributed by atoms with van der Waals surface area (Å²) in [5.41, 5.74) is 1.17. The highest BCUT2D eigenvalue weighted by molar-refractivity contribution is 7.86. The third-order valence-electron chi connectivity index (χ3n) is 2.98. The Hall–Kier alpha value is -0.870. The lowest BCUT2D eigenvalue weighted by Crippen LogP contribution is -2.20. The van der Waals surface area contributed by atoms with Crippen LogP contribution in [-0.4, -0.2) is 20.8 Å². The Morgan fingerprint density at radius 1 is 1.19 bits per heavy atom. The Labute approximate surface area is 96.6 Å². The van der Waals surface area contributed by atoms with Crippen molar-refractivity contribution in [3.05, 3.63) is 35.9 Å². The predicted molar refractivity (Wildman–Crippen MR) is 62.8 cm³/mol. The summed E-state index contributed by atoms with van der Waals surface area (Å²) in [6.07, 6.45) is 3.79. The second-order valence-corrected chi connectivity index (χ2v) is 5.89. The summed E-state index contributed by atoms with van der Waals surface area (Å²) < 4.78 is 27.4. The summed E-state index contributed by atoms with van der Waals surface area (Å²) in [6, 6.07) is 9.99. The minimum atomic E-state index is -3.35. The highest BCUT2D eigenvalue weighted by Gasteiger charge is 2.31. The number of rotatable bonds is 3. The fourth-order valence-electron chi connectivity index (χ4n) is 2.35. The summed E-state index contributed by atoms with van der Waals surface area (Å²) in [6.45, 7) is 0. The van der Waals surface area contributed by atoms with E-state index >= 15 is 0 Å². The molecular weight excluding hydrogens is 224 g/mol. The molecule has 1 aliphatic carbocycles. The molecule has 0 radical (unpaired) electrons. The molecule has 0 saturated heterocycles. The SMILES string of the molecule is CS(=O)(=O)O[C@H]1CCC[C@@H]1c1ccccc1. The highest BCUT2D eigenvalue weighted by Crippen LogP contribution is 2.37. The maximum absolute atomic E-state index is 11.1. The minimum Gasteiger partial charge on any atom is -0.266 e. The van der Waals surface area contributed by atoms with Gasteiger partial charge in [0.05, 0.1) is 12.4 Å². The van der Waals surface area contributed by atoms with Crippen molar-refractivity contribution in [3.63, 3.8) is 0 Å². The second-order valence-electron chi connectivity index (χ2n) is 4.29. The number of hydrogen-bond donors (Lipinski definition) is 0. The molecule has 0 spiro atoms. The van der Waals surface area contributed by atoms with Gasteiger partial charge in [0.25, 0.3) is 10.1 Å². The summed E-state index contributed by atoms with van der Waals surface area (Å²) in [4.78, 5) is 0. The van der Waals surface area contributed by atoms with Crippen LogP contribution in [0.4, 0.5) is 0 Å². The summed E-state index contributed by atoms with van der Waals surface area (Å²) in [5, 5.41) is 0. The first-order valence-electron chi connectivity index (χ1n) is 5.49. The molecule has 1 aromatic carbocycles. The molecule has 2 atom stereocenters. The quantitative estimate of drug-likeness (QED) is 0.761. The van der Waals surface area contributed by atoms with Crippen LogP contribution in [0.5, 0.6) is 0 Å². The molecule has 1 aromatic rings. The van der Waals surface area contributed by atoms with Gasteiger partial charge in [0.2, 0.25) is 0 Å². The fourth-order valence-corrected chi connectivity index (χ4v) is 3.03. The molecule has 1 saturated carbocycles. The van der Waals surface area contributed by atoms with Crippen molar-refractivity contribution >= 4 is 10.1 Å². The minimum absolute atomic E-state index is 0.183. The molecule has 2 rings (SSSR count). The van der Waals surface area contributed by atoms with Gasteiger partial charge in [-0.3, -0.25) is 4.18 Å². The van der Waals surface area contributed by atoms with Gasteiger partial charge >= 0.3 is 0 Å². The molecule has 4 heteroatoms. The van der Waals surface area contributed by atoms with E-state index in [1.54, 1.807) is 0 Å². The van der Waals surface area contributed by atoms with Gasteiger partial charge in [-0.1, -0.05) is 36.8 Å². The molecular formula is C12H16O3S. The first-order chi connectivity index (χ1) is 7.56. The van der Waals surface area contributed by atoms with Gasteiger partial charge in [-0.25, -0.2) is 0 Å². The van der Waals surface area contributed by atoms with Crippen molar-refractivity contribution in [3.8, 4) is 0 Å². The van der Waals surface area contributed by atoms with E-state index in [0.717, 1.165) is 25.5 Å². The Morgan fingerprint density at radius 3 is 2.50 bits per heavy atom. The van der Waals surface area contributed by atoms with E-state index in [1.807, 2.05) is 30.3 Å². The zero-order valence-corrected chi connectivity index (χ0v) is 10.1. The van der Waals surface area contributed by atoms with E-state index in [4.69, 9.17) is 4.18 Å². The summed E-state index contributed by atoms with van der Waals surface area (Å²) in [7, 11) is -3.35. The van der Waals surface area contributed by atoms with E-state index in [-0.39, 0.29) is 12.0 Å². The van der Waals surface area contributed by atoms with Gasteiger partial charge in [-0.05, 0) is 18.4 Å². The lowest BCUT2D eigenvalue weighted by atomic mass is 9.96. The van der Waals surface area contributed by atoms with E-state index in [2.05, 4.69) is 0 Å². The van der Waals surface area contributed by atoms with Crippen molar-refractivity contribution in [1.82, 2.24) is 0 Å². The molecule has 0 heterocycles. The Kier molecular flexibility index (Phi) is 3.30. The molecule has 0 bridgehead atoms. The van der Waals surface area contributed by atoms with Crippen molar-refractivity contribution in [2.75, 3.05) is 6.26 Å². The molecule has 0 unspecified atom stereocenters. The zero-order chi connectivity index (χ0) is 11.6. The largest absolute Gasteiger partial charge is 0.266 e. The Bertz CT molecular complexity index is 439. The molecule has 0 aromatic heterocycles. The summed E-state index contributed by atoms with van der Waals surface area (Å²) >= 11 is 0.